The van der Waals surface area contributed by atoms with Crippen molar-refractivity contribution in [3.05, 3.63) is 0 Å². The predicted octanol–water partition coefficient (Wildman–Crippen LogP) is 3.34. The lowest BCUT2D eigenvalue weighted by atomic mass is 9.65. The normalized spacial score (nSPS) is 24.3. The molecule has 0 heterocycles. The Morgan fingerprint density at radius 1 is 1.05 bits per heavy atom. The van der Waals surface area contributed by atoms with Gasteiger partial charge < -0.3 is 15.8 Å². The molecule has 0 radical (unpaired) electrons. The van der Waals surface area contributed by atoms with Crippen LogP contribution in [0.25, 0.3) is 0 Å². The van der Waals surface area contributed by atoms with Crippen LogP contribution in [0.15, 0.2) is 0 Å². The van der Waals surface area contributed by atoms with Gasteiger partial charge >= 0.3 is 6.09 Å². The van der Waals surface area contributed by atoms with E-state index in [2.05, 4.69) is 19.2 Å². The van der Waals surface area contributed by atoms with Crippen molar-refractivity contribution in [2.24, 2.45) is 11.1 Å². The van der Waals surface area contributed by atoms with Gasteiger partial charge in [-0.05, 0) is 46.5 Å². The van der Waals surface area contributed by atoms with E-state index in [1.165, 1.54) is 0 Å². The largest absolute Gasteiger partial charge is 0.444 e. The summed E-state index contributed by atoms with van der Waals surface area (Å²) in [6, 6.07) is 0. The maximum absolute atomic E-state index is 12.2. The third kappa shape index (κ3) is 2.67. The highest BCUT2D eigenvalue weighted by Crippen LogP contribution is 2.57. The van der Waals surface area contributed by atoms with Crippen molar-refractivity contribution in [3.63, 3.8) is 0 Å². The average molecular weight is 282 g/mol. The predicted molar refractivity (Wildman–Crippen MR) is 80.5 cm³/mol. The Hall–Kier alpha value is -0.770. The minimum Gasteiger partial charge on any atom is -0.444 e. The van der Waals surface area contributed by atoms with Gasteiger partial charge in [0.2, 0.25) is 0 Å². The zero-order chi connectivity index (χ0) is 15.2. The van der Waals surface area contributed by atoms with Crippen LogP contribution in [0.4, 0.5) is 4.79 Å². The number of ether oxygens (including phenoxy) is 1. The fourth-order valence-corrected chi connectivity index (χ4v) is 3.62. The zero-order valence-corrected chi connectivity index (χ0v) is 13.6. The van der Waals surface area contributed by atoms with Gasteiger partial charge in [0.15, 0.2) is 0 Å². The maximum Gasteiger partial charge on any atom is 0.408 e. The first-order valence-corrected chi connectivity index (χ1v) is 7.82. The lowest BCUT2D eigenvalue weighted by molar-refractivity contribution is 0.0242. The molecule has 4 heteroatoms. The Bertz CT molecular complexity index is 386. The molecule has 20 heavy (non-hydrogen) atoms. The molecule has 0 saturated heterocycles. The Kier molecular flexibility index (Phi) is 3.61. The first-order chi connectivity index (χ1) is 9.02. The van der Waals surface area contributed by atoms with Gasteiger partial charge in [0.25, 0.3) is 0 Å². The second-order valence-electron chi connectivity index (χ2n) is 8.20. The first kappa shape index (κ1) is 15.6. The molecule has 116 valence electrons. The highest BCUT2D eigenvalue weighted by atomic mass is 16.6. The number of alkyl carbamates (subject to hydrolysis) is 1. The molecule has 4 nitrogen and oxygen atoms in total. The molecule has 0 aromatic carbocycles. The second-order valence-corrected chi connectivity index (χ2v) is 8.20. The van der Waals surface area contributed by atoms with Crippen LogP contribution >= 0.6 is 0 Å². The van der Waals surface area contributed by atoms with E-state index in [1.807, 2.05) is 20.8 Å². The quantitative estimate of drug-likeness (QED) is 0.834. The van der Waals surface area contributed by atoms with E-state index >= 15 is 0 Å². The number of nitrogens with two attached hydrogens (primary N) is 1. The molecule has 3 N–H and O–H groups in total. The van der Waals surface area contributed by atoms with Crippen LogP contribution in [0.5, 0.6) is 0 Å². The Morgan fingerprint density at radius 3 is 1.95 bits per heavy atom. The van der Waals surface area contributed by atoms with E-state index in [4.69, 9.17) is 10.5 Å². The highest BCUT2D eigenvalue weighted by molar-refractivity contribution is 5.69. The van der Waals surface area contributed by atoms with Crippen molar-refractivity contribution in [1.82, 2.24) is 5.32 Å². The van der Waals surface area contributed by atoms with Crippen molar-refractivity contribution in [2.45, 2.75) is 89.8 Å². The van der Waals surface area contributed by atoms with E-state index in [9.17, 15) is 4.79 Å². The number of carbonyl (C=O) groups is 1. The second kappa shape index (κ2) is 4.62. The summed E-state index contributed by atoms with van der Waals surface area (Å²) in [7, 11) is 0. The van der Waals surface area contributed by atoms with Crippen LogP contribution in [0.1, 0.15) is 73.1 Å². The smallest absolute Gasteiger partial charge is 0.408 e. The molecule has 0 aromatic heterocycles. The van der Waals surface area contributed by atoms with Crippen molar-refractivity contribution < 1.29 is 9.53 Å². The molecular weight excluding hydrogens is 252 g/mol. The number of hydrogen-bond acceptors (Lipinski definition) is 3. The number of nitrogens with one attached hydrogen (secondary N) is 1. The van der Waals surface area contributed by atoms with Crippen LogP contribution < -0.4 is 11.1 Å². The topological polar surface area (TPSA) is 64.3 Å². The summed E-state index contributed by atoms with van der Waals surface area (Å²) in [4.78, 5) is 12.2. The fraction of sp³-hybridized carbons (Fsp3) is 0.938. The lowest BCUT2D eigenvalue weighted by Crippen LogP contribution is -2.63. The van der Waals surface area contributed by atoms with Gasteiger partial charge in [0.1, 0.15) is 5.60 Å². The molecule has 0 spiro atoms. The van der Waals surface area contributed by atoms with Gasteiger partial charge in [-0.25, -0.2) is 4.79 Å². The molecule has 0 aliphatic heterocycles. The monoisotopic (exact) mass is 282 g/mol. The van der Waals surface area contributed by atoms with E-state index < -0.39 is 5.60 Å². The first-order valence-electron chi connectivity index (χ1n) is 7.82. The highest BCUT2D eigenvalue weighted by Gasteiger charge is 2.62. The standard InChI is InChI=1S/C16H30N2O2/c1-13(2,3)20-12(19)18-16(8-6-7-9-16)14(4,5)15(17)10-11-15/h6-11,17H2,1-5H3,(H,18,19). The number of amides is 1. The van der Waals surface area contributed by atoms with Crippen LogP contribution in [0, 0.1) is 5.41 Å². The van der Waals surface area contributed by atoms with Gasteiger partial charge in [0, 0.05) is 11.0 Å². The molecule has 0 atom stereocenters. The van der Waals surface area contributed by atoms with E-state index in [0.717, 1.165) is 38.5 Å². The molecule has 2 saturated carbocycles. The van der Waals surface area contributed by atoms with Crippen LogP contribution in [0.2, 0.25) is 0 Å². The van der Waals surface area contributed by atoms with Gasteiger partial charge in [-0.1, -0.05) is 26.7 Å². The van der Waals surface area contributed by atoms with Gasteiger partial charge in [-0.2, -0.15) is 0 Å². The molecule has 2 aliphatic carbocycles. The van der Waals surface area contributed by atoms with E-state index in [-0.39, 0.29) is 22.6 Å². The van der Waals surface area contributed by atoms with Crippen molar-refractivity contribution >= 4 is 6.09 Å². The molecular formula is C16H30N2O2. The summed E-state index contributed by atoms with van der Waals surface area (Å²) >= 11 is 0. The number of carbonyl (C=O) groups excluding carboxylic acids is 1. The minimum absolute atomic E-state index is 0.104. The van der Waals surface area contributed by atoms with Crippen molar-refractivity contribution in [3.8, 4) is 0 Å². The number of hydrogen-bond donors (Lipinski definition) is 2. The van der Waals surface area contributed by atoms with Crippen molar-refractivity contribution in [2.75, 3.05) is 0 Å². The average Bonchev–Trinajstić information content (AvgIpc) is 2.85. The molecule has 0 bridgehead atoms. The summed E-state index contributed by atoms with van der Waals surface area (Å²) in [5.41, 5.74) is 5.58. The Labute approximate surface area is 122 Å². The minimum atomic E-state index is -0.464. The molecule has 0 unspecified atom stereocenters. The van der Waals surface area contributed by atoms with Gasteiger partial charge in [-0.15, -0.1) is 0 Å². The molecule has 2 rings (SSSR count). The van der Waals surface area contributed by atoms with Crippen LogP contribution in [-0.4, -0.2) is 22.8 Å². The maximum atomic E-state index is 12.2. The van der Waals surface area contributed by atoms with Crippen LogP contribution in [-0.2, 0) is 4.74 Å². The zero-order valence-electron chi connectivity index (χ0n) is 13.6. The number of rotatable bonds is 3. The molecule has 2 aliphatic rings. The SMILES string of the molecule is CC(C)(C)OC(=O)NC1(C(C)(C)C2(N)CC2)CCCC1. The summed E-state index contributed by atoms with van der Waals surface area (Å²) in [6.07, 6.45) is 6.09. The van der Waals surface area contributed by atoms with Gasteiger partial charge in [-0.3, -0.25) is 0 Å². The summed E-state index contributed by atoms with van der Waals surface area (Å²) in [6.45, 7) is 10.1. The molecule has 0 aromatic rings. The lowest BCUT2D eigenvalue weighted by Gasteiger charge is -2.49. The van der Waals surface area contributed by atoms with Crippen LogP contribution in [0.3, 0.4) is 0 Å². The summed E-state index contributed by atoms with van der Waals surface area (Å²) in [5, 5.41) is 3.19. The third-order valence-electron chi connectivity index (χ3n) is 5.43. The van der Waals surface area contributed by atoms with E-state index in [0.29, 0.717) is 0 Å². The Balaban J connectivity index is 2.16. The van der Waals surface area contributed by atoms with Gasteiger partial charge in [0.05, 0.1) is 5.54 Å². The third-order valence-corrected chi connectivity index (χ3v) is 5.43. The summed E-state index contributed by atoms with van der Waals surface area (Å²) in [5.74, 6) is 0. The molecule has 1 amide bonds. The fourth-order valence-electron chi connectivity index (χ4n) is 3.62. The summed E-state index contributed by atoms with van der Waals surface area (Å²) < 4.78 is 5.46. The molecule has 2 fully saturated rings. The van der Waals surface area contributed by atoms with E-state index in [1.54, 1.807) is 0 Å². The van der Waals surface area contributed by atoms with Crippen molar-refractivity contribution in [1.29, 1.82) is 0 Å². The Morgan fingerprint density at radius 2 is 1.55 bits per heavy atom.